The molecule has 3 amide bonds. The van der Waals surface area contributed by atoms with E-state index in [9.17, 15) is 22.8 Å². The highest BCUT2D eigenvalue weighted by Crippen LogP contribution is 2.15. The van der Waals surface area contributed by atoms with E-state index in [1.807, 2.05) is 0 Å². The molecule has 0 aromatic heterocycles. The molecule has 0 radical (unpaired) electrons. The second-order valence-corrected chi connectivity index (χ2v) is 3.33. The highest BCUT2D eigenvalue weighted by molar-refractivity contribution is 5.90. The number of urea groups is 1. The van der Waals surface area contributed by atoms with E-state index in [4.69, 9.17) is 0 Å². The Labute approximate surface area is 105 Å². The number of alkyl carbamates (subject to hydrolysis) is 1. The van der Waals surface area contributed by atoms with Crippen molar-refractivity contribution in [3.63, 3.8) is 0 Å². The van der Waals surface area contributed by atoms with Gasteiger partial charge in [-0.15, -0.1) is 0 Å². The Balaban J connectivity index is 2.50. The molecule has 6 nitrogen and oxygen atoms in total. The van der Waals surface area contributed by atoms with E-state index in [0.717, 1.165) is 0 Å². The third kappa shape index (κ3) is 4.47. The lowest BCUT2D eigenvalue weighted by Crippen LogP contribution is -2.43. The zero-order valence-electron chi connectivity index (χ0n) is 9.50. The number of imide groups is 1. The molecule has 1 aromatic carbocycles. The molecule has 1 aromatic rings. The van der Waals surface area contributed by atoms with Gasteiger partial charge >= 0.3 is 12.1 Å². The van der Waals surface area contributed by atoms with E-state index in [1.165, 1.54) is 0 Å². The van der Waals surface area contributed by atoms with Gasteiger partial charge in [-0.1, -0.05) is 0 Å². The van der Waals surface area contributed by atoms with E-state index in [1.54, 1.807) is 10.7 Å². The van der Waals surface area contributed by atoms with Crippen LogP contribution in [0.2, 0.25) is 0 Å². The summed E-state index contributed by atoms with van der Waals surface area (Å²) in [7, 11) is 0. The first kappa shape index (κ1) is 14.8. The Hall–Kier alpha value is -2.29. The lowest BCUT2D eigenvalue weighted by atomic mass is 10.1. The summed E-state index contributed by atoms with van der Waals surface area (Å²) < 4.78 is 43.4. The number of ether oxygens (including phenoxy) is 1. The van der Waals surface area contributed by atoms with Crippen molar-refractivity contribution in [2.75, 3.05) is 6.61 Å². The average Bonchev–Trinajstić information content (AvgIpc) is 2.32. The summed E-state index contributed by atoms with van der Waals surface area (Å²) in [6, 6.07) is 0.0323. The smallest absolute Gasteiger partial charge is 0.415 e. The maximum atomic E-state index is 13.2. The van der Waals surface area contributed by atoms with E-state index in [0.29, 0.717) is 12.1 Å². The van der Waals surface area contributed by atoms with Crippen molar-refractivity contribution in [3.8, 4) is 0 Å². The molecule has 0 saturated heterocycles. The first-order valence-corrected chi connectivity index (χ1v) is 5.01. The normalized spacial score (nSPS) is 9.89. The SMILES string of the molecule is NNC(=O)NC(=O)OCCc1c(F)cc(F)cc1F. The number of hydrazine groups is 1. The molecule has 0 heterocycles. The quantitative estimate of drug-likeness (QED) is 0.436. The molecule has 0 spiro atoms. The van der Waals surface area contributed by atoms with E-state index < -0.39 is 41.7 Å². The van der Waals surface area contributed by atoms with Gasteiger partial charge in [0.05, 0.1) is 6.61 Å². The third-order valence-electron chi connectivity index (χ3n) is 2.04. The summed E-state index contributed by atoms with van der Waals surface area (Å²) in [5.41, 5.74) is 1.20. The minimum absolute atomic E-state index is 0.310. The number of amides is 3. The van der Waals surface area contributed by atoms with Crippen LogP contribution in [0.1, 0.15) is 5.56 Å². The summed E-state index contributed by atoms with van der Waals surface area (Å²) in [4.78, 5) is 21.5. The Morgan fingerprint density at radius 2 is 1.79 bits per heavy atom. The Morgan fingerprint density at radius 1 is 1.21 bits per heavy atom. The molecule has 104 valence electrons. The number of halogens is 3. The average molecular weight is 277 g/mol. The summed E-state index contributed by atoms with van der Waals surface area (Å²) in [5, 5.41) is 1.67. The van der Waals surface area contributed by atoms with Crippen LogP contribution in [0.4, 0.5) is 22.8 Å². The second-order valence-electron chi connectivity index (χ2n) is 3.33. The van der Waals surface area contributed by atoms with Gasteiger partial charge in [-0.05, 0) is 0 Å². The summed E-state index contributed by atoms with van der Waals surface area (Å²) in [6.07, 6.45) is -1.44. The van der Waals surface area contributed by atoms with Gasteiger partial charge in [-0.3, -0.25) is 5.43 Å². The second kappa shape index (κ2) is 6.59. The van der Waals surface area contributed by atoms with E-state index in [2.05, 4.69) is 10.6 Å². The first-order chi connectivity index (χ1) is 8.93. The molecular weight excluding hydrogens is 267 g/mol. The summed E-state index contributed by atoms with van der Waals surface area (Å²) in [5.74, 6) is 1.48. The third-order valence-corrected chi connectivity index (χ3v) is 2.04. The number of carbonyl (C=O) groups excluding carboxylic acids is 2. The maximum Gasteiger partial charge on any atom is 0.415 e. The lowest BCUT2D eigenvalue weighted by Gasteiger charge is -2.07. The number of hydrogen-bond acceptors (Lipinski definition) is 4. The molecule has 0 atom stereocenters. The Morgan fingerprint density at radius 3 is 2.32 bits per heavy atom. The van der Waals surface area contributed by atoms with Crippen molar-refractivity contribution in [2.24, 2.45) is 5.84 Å². The van der Waals surface area contributed by atoms with Gasteiger partial charge in [0.15, 0.2) is 0 Å². The van der Waals surface area contributed by atoms with Gasteiger partial charge in [0.25, 0.3) is 0 Å². The van der Waals surface area contributed by atoms with Gasteiger partial charge in [0.2, 0.25) is 0 Å². The molecule has 0 fully saturated rings. The number of nitrogens with two attached hydrogens (primary N) is 1. The predicted molar refractivity (Wildman–Crippen MR) is 57.2 cm³/mol. The lowest BCUT2D eigenvalue weighted by molar-refractivity contribution is 0.147. The van der Waals surface area contributed by atoms with Crippen LogP contribution in [0.5, 0.6) is 0 Å². The van der Waals surface area contributed by atoms with Crippen LogP contribution in [0.15, 0.2) is 12.1 Å². The topological polar surface area (TPSA) is 93.5 Å². The molecule has 4 N–H and O–H groups in total. The molecule has 0 unspecified atom stereocenters. The molecule has 0 bridgehead atoms. The van der Waals surface area contributed by atoms with Crippen LogP contribution < -0.4 is 16.6 Å². The minimum Gasteiger partial charge on any atom is -0.449 e. The molecule has 0 aliphatic rings. The first-order valence-electron chi connectivity index (χ1n) is 5.01. The van der Waals surface area contributed by atoms with Crippen molar-refractivity contribution in [3.05, 3.63) is 35.1 Å². The number of hydrogen-bond donors (Lipinski definition) is 3. The van der Waals surface area contributed by atoms with Gasteiger partial charge < -0.3 is 4.74 Å². The minimum atomic E-state index is -1.13. The van der Waals surface area contributed by atoms with Crippen LogP contribution in [-0.2, 0) is 11.2 Å². The number of benzene rings is 1. The highest BCUT2D eigenvalue weighted by Gasteiger charge is 2.13. The maximum absolute atomic E-state index is 13.2. The van der Waals surface area contributed by atoms with Crippen molar-refractivity contribution in [2.45, 2.75) is 6.42 Å². The highest BCUT2D eigenvalue weighted by atomic mass is 19.1. The Bertz CT molecular complexity index is 473. The molecular formula is C10H10F3N3O3. The van der Waals surface area contributed by atoms with E-state index >= 15 is 0 Å². The van der Waals surface area contributed by atoms with Crippen LogP contribution in [0, 0.1) is 17.5 Å². The Kier molecular flexibility index (Phi) is 5.12. The fourth-order valence-electron chi connectivity index (χ4n) is 1.22. The van der Waals surface area contributed by atoms with Crippen molar-refractivity contribution < 1.29 is 27.5 Å². The van der Waals surface area contributed by atoms with E-state index in [-0.39, 0.29) is 6.42 Å². The zero-order valence-corrected chi connectivity index (χ0v) is 9.50. The fraction of sp³-hybridized carbons (Fsp3) is 0.200. The van der Waals surface area contributed by atoms with Crippen molar-refractivity contribution in [1.82, 2.24) is 10.7 Å². The largest absolute Gasteiger partial charge is 0.449 e. The van der Waals surface area contributed by atoms with Gasteiger partial charge in [-0.25, -0.2) is 33.9 Å². The molecule has 19 heavy (non-hydrogen) atoms. The van der Waals surface area contributed by atoms with Crippen molar-refractivity contribution in [1.29, 1.82) is 0 Å². The van der Waals surface area contributed by atoms with Crippen molar-refractivity contribution >= 4 is 12.1 Å². The molecule has 0 aliphatic carbocycles. The van der Waals surface area contributed by atoms with Crippen LogP contribution in [-0.4, -0.2) is 18.7 Å². The number of nitrogens with one attached hydrogen (secondary N) is 2. The predicted octanol–water partition coefficient (Wildman–Crippen LogP) is 0.956. The zero-order chi connectivity index (χ0) is 14.4. The molecule has 1 rings (SSSR count). The van der Waals surface area contributed by atoms with Gasteiger partial charge in [-0.2, -0.15) is 0 Å². The molecule has 9 heteroatoms. The summed E-state index contributed by atoms with van der Waals surface area (Å²) in [6.45, 7) is -0.400. The van der Waals surface area contributed by atoms with Crippen LogP contribution in [0.3, 0.4) is 0 Å². The number of carbonyl (C=O) groups is 2. The van der Waals surface area contributed by atoms with Gasteiger partial charge in [0, 0.05) is 24.1 Å². The molecule has 0 saturated carbocycles. The summed E-state index contributed by atoms with van der Waals surface area (Å²) >= 11 is 0. The van der Waals surface area contributed by atoms with Gasteiger partial charge in [0.1, 0.15) is 17.5 Å². The monoisotopic (exact) mass is 277 g/mol. The van der Waals surface area contributed by atoms with Crippen LogP contribution >= 0.6 is 0 Å². The fourth-order valence-corrected chi connectivity index (χ4v) is 1.22. The number of rotatable bonds is 3. The standard InChI is InChI=1S/C10H10F3N3O3/c11-5-3-7(12)6(8(13)4-5)1-2-19-10(18)15-9(17)16-14/h3-4H,1-2,14H2,(H2,15,16,17,18). The molecule has 0 aliphatic heterocycles. The van der Waals surface area contributed by atoms with Crippen LogP contribution in [0.25, 0.3) is 0 Å².